The number of rotatable bonds is 5. The van der Waals surface area contributed by atoms with Crippen molar-refractivity contribution >= 4 is 40.4 Å². The minimum Gasteiger partial charge on any atom is -0.488 e. The van der Waals surface area contributed by atoms with Crippen molar-refractivity contribution in [2.45, 2.75) is 6.61 Å². The smallest absolute Gasteiger partial charge is 0.336 e. The van der Waals surface area contributed by atoms with Gasteiger partial charge in [0, 0.05) is 5.56 Å². The molecule has 1 saturated heterocycles. The summed E-state index contributed by atoms with van der Waals surface area (Å²) in [7, 11) is 0. The van der Waals surface area contributed by atoms with Gasteiger partial charge in [-0.1, -0.05) is 72.8 Å². The van der Waals surface area contributed by atoms with E-state index in [1.54, 1.807) is 6.07 Å². The number of para-hydroxylation sites is 1. The molecule has 1 N–H and O–H groups in total. The van der Waals surface area contributed by atoms with Crippen molar-refractivity contribution in [3.63, 3.8) is 0 Å². The molecule has 0 atom stereocenters. The third-order valence-corrected chi connectivity index (χ3v) is 5.65. The normalized spacial score (nSPS) is 14.9. The quantitative estimate of drug-likeness (QED) is 0.323. The van der Waals surface area contributed by atoms with Crippen LogP contribution in [0.4, 0.5) is 14.9 Å². The van der Waals surface area contributed by atoms with E-state index in [0.717, 1.165) is 22.4 Å². The molecule has 4 aromatic carbocycles. The molecule has 4 amide bonds. The fraction of sp³-hybridized carbons (Fsp3) is 0.0357. The van der Waals surface area contributed by atoms with Gasteiger partial charge in [-0.15, -0.1) is 0 Å². The molecule has 7 heteroatoms. The number of carbonyl (C=O) groups excluding carboxylic acids is 3. The molecule has 6 nitrogen and oxygen atoms in total. The SMILES string of the molecule is O=C1NC(=O)N(c2ccccc2F)C(=O)/C1=C\c1c(OCc2ccccc2)ccc2ccccc12. The number of carbonyl (C=O) groups is 3. The largest absolute Gasteiger partial charge is 0.488 e. The molecule has 0 bridgehead atoms. The molecule has 1 heterocycles. The summed E-state index contributed by atoms with van der Waals surface area (Å²) in [4.78, 5) is 39.1. The van der Waals surface area contributed by atoms with Gasteiger partial charge in [-0.25, -0.2) is 14.1 Å². The number of anilines is 1. The second-order valence-corrected chi connectivity index (χ2v) is 7.88. The number of fused-ring (bicyclic) bond motifs is 1. The highest BCUT2D eigenvalue weighted by Crippen LogP contribution is 2.32. The van der Waals surface area contributed by atoms with Gasteiger partial charge in [-0.3, -0.25) is 14.9 Å². The average molecular weight is 466 g/mol. The van der Waals surface area contributed by atoms with E-state index >= 15 is 0 Å². The zero-order chi connectivity index (χ0) is 24.4. The van der Waals surface area contributed by atoms with Crippen LogP contribution in [0.2, 0.25) is 0 Å². The first kappa shape index (κ1) is 22.0. The summed E-state index contributed by atoms with van der Waals surface area (Å²) < 4.78 is 20.5. The second kappa shape index (κ2) is 9.23. The molecule has 0 aromatic heterocycles. The zero-order valence-corrected chi connectivity index (χ0v) is 18.4. The van der Waals surface area contributed by atoms with Crippen LogP contribution in [-0.2, 0) is 16.2 Å². The monoisotopic (exact) mass is 466 g/mol. The van der Waals surface area contributed by atoms with Crippen LogP contribution in [0.3, 0.4) is 0 Å². The van der Waals surface area contributed by atoms with Crippen molar-refractivity contribution in [2.24, 2.45) is 0 Å². The second-order valence-electron chi connectivity index (χ2n) is 7.88. The first-order valence-electron chi connectivity index (χ1n) is 10.9. The lowest BCUT2D eigenvalue weighted by Crippen LogP contribution is -2.54. The van der Waals surface area contributed by atoms with E-state index in [4.69, 9.17) is 4.74 Å². The average Bonchev–Trinajstić information content (AvgIpc) is 2.87. The molecule has 0 radical (unpaired) electrons. The Morgan fingerprint density at radius 3 is 2.34 bits per heavy atom. The number of barbiturate groups is 1. The highest BCUT2D eigenvalue weighted by molar-refractivity contribution is 6.39. The molecule has 1 aliphatic heterocycles. The Morgan fingerprint density at radius 1 is 0.829 bits per heavy atom. The van der Waals surface area contributed by atoms with Crippen LogP contribution in [-0.4, -0.2) is 17.8 Å². The van der Waals surface area contributed by atoms with Gasteiger partial charge in [0.25, 0.3) is 11.8 Å². The highest BCUT2D eigenvalue weighted by atomic mass is 19.1. The molecule has 0 unspecified atom stereocenters. The van der Waals surface area contributed by atoms with Crippen molar-refractivity contribution in [1.29, 1.82) is 0 Å². The van der Waals surface area contributed by atoms with E-state index < -0.39 is 23.7 Å². The fourth-order valence-electron chi connectivity index (χ4n) is 3.94. The van der Waals surface area contributed by atoms with Crippen LogP contribution >= 0.6 is 0 Å². The number of halogens is 1. The Labute approximate surface area is 200 Å². The summed E-state index contributed by atoms with van der Waals surface area (Å²) >= 11 is 0. The van der Waals surface area contributed by atoms with Gasteiger partial charge in [0.2, 0.25) is 0 Å². The Hall–Kier alpha value is -4.78. The van der Waals surface area contributed by atoms with Gasteiger partial charge < -0.3 is 4.74 Å². The Kier molecular flexibility index (Phi) is 5.81. The lowest BCUT2D eigenvalue weighted by molar-refractivity contribution is -0.122. The number of hydrogen-bond donors (Lipinski definition) is 1. The Bertz CT molecular complexity index is 1500. The lowest BCUT2D eigenvalue weighted by Gasteiger charge is -2.26. The molecule has 0 spiro atoms. The molecule has 1 aliphatic rings. The molecular weight excluding hydrogens is 447 g/mol. The van der Waals surface area contributed by atoms with Crippen LogP contribution < -0.4 is 15.0 Å². The third kappa shape index (κ3) is 4.27. The summed E-state index contributed by atoms with van der Waals surface area (Å²) in [6.45, 7) is 0.273. The first-order chi connectivity index (χ1) is 17.0. The van der Waals surface area contributed by atoms with Gasteiger partial charge >= 0.3 is 6.03 Å². The number of hydrogen-bond acceptors (Lipinski definition) is 4. The van der Waals surface area contributed by atoms with Crippen LogP contribution in [0.15, 0.2) is 96.6 Å². The molecular formula is C28H19FN2O4. The summed E-state index contributed by atoms with van der Waals surface area (Å²) in [5.41, 5.74) is 0.892. The molecule has 4 aromatic rings. The molecule has 0 aliphatic carbocycles. The molecule has 0 saturated carbocycles. The van der Waals surface area contributed by atoms with E-state index in [9.17, 15) is 18.8 Å². The topological polar surface area (TPSA) is 75.7 Å². The standard InChI is InChI=1S/C28H19FN2O4/c29-23-12-6-7-13-24(23)31-27(33)22(26(32)30-28(31)34)16-21-20-11-5-4-10-19(20)14-15-25(21)35-17-18-8-2-1-3-9-18/h1-16H,17H2,(H,30,32,34)/b22-16-. The Balaban J connectivity index is 1.60. The number of ether oxygens (including phenoxy) is 1. The molecule has 5 rings (SSSR count). The maximum atomic E-state index is 14.4. The molecule has 35 heavy (non-hydrogen) atoms. The van der Waals surface area contributed by atoms with Crippen molar-refractivity contribution in [3.05, 3.63) is 114 Å². The maximum absolute atomic E-state index is 14.4. The highest BCUT2D eigenvalue weighted by Gasteiger charge is 2.38. The molecule has 1 fully saturated rings. The van der Waals surface area contributed by atoms with Crippen LogP contribution in [0.5, 0.6) is 5.75 Å². The minimum atomic E-state index is -1.01. The zero-order valence-electron chi connectivity index (χ0n) is 18.4. The van der Waals surface area contributed by atoms with E-state index in [-0.39, 0.29) is 17.9 Å². The van der Waals surface area contributed by atoms with Gasteiger partial charge in [0.1, 0.15) is 23.7 Å². The first-order valence-corrected chi connectivity index (χ1v) is 10.9. The van der Waals surface area contributed by atoms with Crippen LogP contribution in [0.1, 0.15) is 11.1 Å². The number of nitrogens with one attached hydrogen (secondary N) is 1. The van der Waals surface area contributed by atoms with E-state index in [1.165, 1.54) is 24.3 Å². The summed E-state index contributed by atoms with van der Waals surface area (Å²) in [5.74, 6) is -2.10. The number of benzene rings is 4. The maximum Gasteiger partial charge on any atom is 0.336 e. The van der Waals surface area contributed by atoms with E-state index in [1.807, 2.05) is 60.7 Å². The van der Waals surface area contributed by atoms with Crippen LogP contribution in [0, 0.1) is 5.82 Å². The lowest BCUT2D eigenvalue weighted by atomic mass is 9.99. The van der Waals surface area contributed by atoms with Crippen molar-refractivity contribution in [2.75, 3.05) is 4.90 Å². The van der Waals surface area contributed by atoms with Crippen molar-refractivity contribution in [3.8, 4) is 5.75 Å². The predicted octanol–water partition coefficient (Wildman–Crippen LogP) is 5.22. The van der Waals surface area contributed by atoms with Crippen molar-refractivity contribution in [1.82, 2.24) is 5.32 Å². The molecule has 172 valence electrons. The number of urea groups is 1. The van der Waals surface area contributed by atoms with E-state index in [2.05, 4.69) is 5.32 Å². The van der Waals surface area contributed by atoms with Gasteiger partial charge in [-0.05, 0) is 40.6 Å². The van der Waals surface area contributed by atoms with Gasteiger partial charge in [0.15, 0.2) is 0 Å². The fourth-order valence-corrected chi connectivity index (χ4v) is 3.94. The van der Waals surface area contributed by atoms with E-state index in [0.29, 0.717) is 16.2 Å². The summed E-state index contributed by atoms with van der Waals surface area (Å²) in [5, 5.41) is 3.76. The number of amides is 4. The Morgan fingerprint density at radius 2 is 1.54 bits per heavy atom. The van der Waals surface area contributed by atoms with Crippen LogP contribution in [0.25, 0.3) is 16.8 Å². The van der Waals surface area contributed by atoms with Crippen molar-refractivity contribution < 1.29 is 23.5 Å². The summed E-state index contributed by atoms with van der Waals surface area (Å²) in [6.07, 6.45) is 1.39. The number of imide groups is 2. The number of nitrogens with zero attached hydrogens (tertiary/aromatic N) is 1. The van der Waals surface area contributed by atoms with Gasteiger partial charge in [0.05, 0.1) is 5.69 Å². The minimum absolute atomic E-state index is 0.244. The summed E-state index contributed by atoms with van der Waals surface area (Å²) in [6, 6.07) is 25.0. The van der Waals surface area contributed by atoms with Gasteiger partial charge in [-0.2, -0.15) is 0 Å². The predicted molar refractivity (Wildman–Crippen MR) is 130 cm³/mol. The third-order valence-electron chi connectivity index (χ3n) is 5.65.